The molecule has 0 saturated heterocycles. The van der Waals surface area contributed by atoms with E-state index in [1.807, 2.05) is 13.0 Å². The number of carbonyl (C=O) groups excluding carboxylic acids is 3. The number of cyclic esters (lactones) is 1. The van der Waals surface area contributed by atoms with Gasteiger partial charge in [-0.2, -0.15) is 0 Å². The van der Waals surface area contributed by atoms with Crippen LogP contribution < -0.4 is 5.32 Å². The Labute approximate surface area is 215 Å². The number of fused-ring (bicyclic) bond motifs is 1. The van der Waals surface area contributed by atoms with Crippen molar-refractivity contribution < 1.29 is 38.9 Å². The van der Waals surface area contributed by atoms with Gasteiger partial charge in [-0.15, -0.1) is 0 Å². The van der Waals surface area contributed by atoms with Crippen LogP contribution in [-0.4, -0.2) is 59.7 Å². The number of phenolic OH excluding ortho intramolecular Hbond substituents is 1. The second kappa shape index (κ2) is 15.0. The molecule has 3 N–H and O–H groups in total. The summed E-state index contributed by atoms with van der Waals surface area (Å²) in [4.78, 5) is 40.7. The molecule has 1 aliphatic rings. The SMILES string of the molecule is CO/N=C/C=C/C(=O)N/C=C/C[C@H](O)CC(=O)O[C@@H](C)/C=C/C1OC(=O)c2c(O)cccc2C/C=C\1C. The van der Waals surface area contributed by atoms with Crippen LogP contribution >= 0.6 is 0 Å². The van der Waals surface area contributed by atoms with E-state index in [0.29, 0.717) is 12.0 Å². The quantitative estimate of drug-likeness (QED) is 0.135. The van der Waals surface area contributed by atoms with Crippen molar-refractivity contribution >= 4 is 24.1 Å². The van der Waals surface area contributed by atoms with Crippen LogP contribution in [0.4, 0.5) is 0 Å². The number of esters is 2. The highest BCUT2D eigenvalue weighted by Crippen LogP contribution is 2.27. The van der Waals surface area contributed by atoms with Gasteiger partial charge >= 0.3 is 11.9 Å². The summed E-state index contributed by atoms with van der Waals surface area (Å²) in [6, 6.07) is 4.87. The molecule has 0 aliphatic carbocycles. The van der Waals surface area contributed by atoms with Gasteiger partial charge in [0.2, 0.25) is 5.91 Å². The Morgan fingerprint density at radius 2 is 2.14 bits per heavy atom. The standard InChI is InChI=1S/C27H32N2O8/c1-18-11-13-20-7-4-9-22(31)26(20)27(34)37-23(18)14-12-19(2)36-25(33)17-21(30)8-5-15-28-24(32)10-6-16-29-35-3/h4-7,9-12,14-16,19,21,23,30-31H,8,13,17H2,1-3H3,(H,28,32)/b10-6+,14-12+,15-5+,18-11-,29-16+/t19-,21-,23?/m0/s1. The molecule has 37 heavy (non-hydrogen) atoms. The lowest BCUT2D eigenvalue weighted by Gasteiger charge is -2.20. The highest BCUT2D eigenvalue weighted by molar-refractivity contribution is 5.94. The molecule has 1 aliphatic heterocycles. The number of ether oxygens (including phenoxy) is 2. The van der Waals surface area contributed by atoms with E-state index in [9.17, 15) is 24.6 Å². The molecule has 0 fully saturated rings. The second-order valence-corrected chi connectivity index (χ2v) is 8.17. The number of aliphatic hydroxyl groups excluding tert-OH is 1. The van der Waals surface area contributed by atoms with Crippen LogP contribution in [0, 0.1) is 0 Å². The Bertz CT molecular complexity index is 1100. The Kier molecular flexibility index (Phi) is 11.8. The molecule has 198 valence electrons. The highest BCUT2D eigenvalue weighted by Gasteiger charge is 2.24. The van der Waals surface area contributed by atoms with E-state index in [1.54, 1.807) is 31.2 Å². The molecule has 1 aromatic carbocycles. The summed E-state index contributed by atoms with van der Waals surface area (Å²) in [5.74, 6) is -1.78. The third-order valence-corrected chi connectivity index (χ3v) is 5.19. The summed E-state index contributed by atoms with van der Waals surface area (Å²) in [5.41, 5.74) is 1.61. The number of nitrogens with zero attached hydrogens (tertiary/aromatic N) is 1. The fourth-order valence-corrected chi connectivity index (χ4v) is 3.31. The maximum Gasteiger partial charge on any atom is 0.343 e. The van der Waals surface area contributed by atoms with Gasteiger partial charge in [0.1, 0.15) is 30.6 Å². The van der Waals surface area contributed by atoms with Crippen molar-refractivity contribution in [2.75, 3.05) is 7.11 Å². The Morgan fingerprint density at radius 1 is 1.35 bits per heavy atom. The van der Waals surface area contributed by atoms with Gasteiger partial charge in [0.05, 0.1) is 18.7 Å². The van der Waals surface area contributed by atoms with Crippen molar-refractivity contribution in [3.63, 3.8) is 0 Å². The molecule has 3 atom stereocenters. The van der Waals surface area contributed by atoms with Gasteiger partial charge in [-0.25, -0.2) is 4.79 Å². The maximum absolute atomic E-state index is 12.6. The lowest BCUT2D eigenvalue weighted by molar-refractivity contribution is -0.148. The van der Waals surface area contributed by atoms with Crippen LogP contribution in [0.5, 0.6) is 5.75 Å². The number of aromatic hydroxyl groups is 1. The molecule has 10 nitrogen and oxygen atoms in total. The number of amides is 1. The van der Waals surface area contributed by atoms with E-state index >= 15 is 0 Å². The number of hydrogen-bond acceptors (Lipinski definition) is 9. The number of phenols is 1. The molecule has 0 bridgehead atoms. The third-order valence-electron chi connectivity index (χ3n) is 5.19. The van der Waals surface area contributed by atoms with Crippen molar-refractivity contribution in [1.82, 2.24) is 5.32 Å². The number of benzene rings is 1. The van der Waals surface area contributed by atoms with Gasteiger partial charge in [-0.1, -0.05) is 29.4 Å². The predicted octanol–water partition coefficient (Wildman–Crippen LogP) is 2.87. The van der Waals surface area contributed by atoms with E-state index < -0.39 is 36.2 Å². The third kappa shape index (κ3) is 10.1. The lowest BCUT2D eigenvalue weighted by Crippen LogP contribution is -2.22. The first-order valence-corrected chi connectivity index (χ1v) is 11.6. The van der Waals surface area contributed by atoms with Crippen LogP contribution in [0.1, 0.15) is 42.6 Å². The molecule has 0 saturated carbocycles. The van der Waals surface area contributed by atoms with E-state index in [2.05, 4.69) is 15.3 Å². The first kappa shape index (κ1) is 29.1. The first-order valence-electron chi connectivity index (χ1n) is 11.6. The van der Waals surface area contributed by atoms with Crippen molar-refractivity contribution in [3.05, 3.63) is 77.6 Å². The minimum Gasteiger partial charge on any atom is -0.507 e. The number of aliphatic hydroxyl groups is 1. The topological polar surface area (TPSA) is 144 Å². The fraction of sp³-hybridized carbons (Fsp3) is 0.333. The van der Waals surface area contributed by atoms with Crippen LogP contribution in [0.2, 0.25) is 0 Å². The van der Waals surface area contributed by atoms with Crippen LogP contribution in [-0.2, 0) is 30.3 Å². The smallest absolute Gasteiger partial charge is 0.343 e. The van der Waals surface area contributed by atoms with Gasteiger partial charge < -0.3 is 29.8 Å². The zero-order valence-corrected chi connectivity index (χ0v) is 21.0. The van der Waals surface area contributed by atoms with Gasteiger partial charge in [0.25, 0.3) is 0 Å². The van der Waals surface area contributed by atoms with Crippen molar-refractivity contribution in [1.29, 1.82) is 0 Å². The molecule has 10 heteroatoms. The fourth-order valence-electron chi connectivity index (χ4n) is 3.31. The Balaban J connectivity index is 1.81. The summed E-state index contributed by atoms with van der Waals surface area (Å²) in [6.45, 7) is 3.47. The minimum atomic E-state index is -0.995. The molecule has 1 amide bonds. The Morgan fingerprint density at radius 3 is 2.89 bits per heavy atom. The van der Waals surface area contributed by atoms with E-state index in [0.717, 1.165) is 5.57 Å². The minimum absolute atomic E-state index is 0.130. The Hall–Kier alpha value is -4.18. The number of carbonyl (C=O) groups is 3. The van der Waals surface area contributed by atoms with Gasteiger partial charge in [0.15, 0.2) is 0 Å². The van der Waals surface area contributed by atoms with Crippen molar-refractivity contribution in [2.24, 2.45) is 5.16 Å². The van der Waals surface area contributed by atoms with Crippen molar-refractivity contribution in [3.8, 4) is 5.75 Å². The molecule has 0 radical (unpaired) electrons. The zero-order chi connectivity index (χ0) is 27.2. The van der Waals surface area contributed by atoms with Gasteiger partial charge in [-0.3, -0.25) is 9.59 Å². The van der Waals surface area contributed by atoms with Crippen molar-refractivity contribution in [2.45, 2.75) is 51.4 Å². The molecule has 1 aromatic rings. The zero-order valence-electron chi connectivity index (χ0n) is 21.0. The molecule has 1 heterocycles. The molecular weight excluding hydrogens is 480 g/mol. The summed E-state index contributed by atoms with van der Waals surface area (Å²) in [5, 5.41) is 26.0. The highest BCUT2D eigenvalue weighted by atomic mass is 16.6. The molecule has 1 unspecified atom stereocenters. The number of oxime groups is 1. The lowest BCUT2D eigenvalue weighted by atomic mass is 9.99. The normalized spacial score (nSPS) is 19.1. The van der Waals surface area contributed by atoms with E-state index in [1.165, 1.54) is 43.8 Å². The van der Waals surface area contributed by atoms with E-state index in [-0.39, 0.29) is 24.2 Å². The van der Waals surface area contributed by atoms with Crippen LogP contribution in [0.15, 0.2) is 71.6 Å². The average molecular weight is 513 g/mol. The maximum atomic E-state index is 12.6. The largest absolute Gasteiger partial charge is 0.507 e. The molecular formula is C27H32N2O8. The number of rotatable bonds is 11. The van der Waals surface area contributed by atoms with Crippen LogP contribution in [0.25, 0.3) is 0 Å². The molecule has 0 spiro atoms. The summed E-state index contributed by atoms with van der Waals surface area (Å²) < 4.78 is 10.8. The number of allylic oxidation sites excluding steroid dienone is 2. The van der Waals surface area contributed by atoms with Crippen LogP contribution in [0.3, 0.4) is 0 Å². The molecule has 2 rings (SSSR count). The summed E-state index contributed by atoms with van der Waals surface area (Å²) >= 11 is 0. The number of hydrogen-bond donors (Lipinski definition) is 3. The second-order valence-electron chi connectivity index (χ2n) is 8.17. The monoisotopic (exact) mass is 512 g/mol. The summed E-state index contributed by atoms with van der Waals surface area (Å²) in [6.07, 6.45) is 9.99. The number of nitrogens with one attached hydrogen (secondary N) is 1. The summed E-state index contributed by atoms with van der Waals surface area (Å²) in [7, 11) is 1.38. The average Bonchev–Trinajstić information content (AvgIpc) is 2.84. The van der Waals surface area contributed by atoms with Gasteiger partial charge in [-0.05, 0) is 62.1 Å². The van der Waals surface area contributed by atoms with E-state index in [4.69, 9.17) is 9.47 Å². The predicted molar refractivity (Wildman–Crippen MR) is 137 cm³/mol. The molecule has 0 aromatic heterocycles. The van der Waals surface area contributed by atoms with Gasteiger partial charge in [0, 0.05) is 12.3 Å². The first-order chi connectivity index (χ1) is 17.7.